The second-order valence-electron chi connectivity index (χ2n) is 5.55. The van der Waals surface area contributed by atoms with Crippen molar-refractivity contribution in [3.8, 4) is 6.07 Å². The first-order valence-electron chi connectivity index (χ1n) is 6.03. The summed E-state index contributed by atoms with van der Waals surface area (Å²) < 4.78 is 37.8. The fourth-order valence-corrected chi connectivity index (χ4v) is 2.64. The molecule has 0 aromatic heterocycles. The molecule has 0 aliphatic carbocycles. The van der Waals surface area contributed by atoms with Crippen LogP contribution in [0.3, 0.4) is 0 Å². The van der Waals surface area contributed by atoms with Gasteiger partial charge in [0.25, 0.3) is 0 Å². The molecule has 0 spiro atoms. The van der Waals surface area contributed by atoms with Gasteiger partial charge < -0.3 is 5.11 Å². The van der Waals surface area contributed by atoms with Crippen LogP contribution in [0.5, 0.6) is 0 Å². The van der Waals surface area contributed by atoms with Crippen molar-refractivity contribution >= 4 is 5.97 Å². The summed E-state index contributed by atoms with van der Waals surface area (Å²) in [7, 11) is 0. The molecular formula is C12H17F3N2O2. The number of carbonyl (C=O) groups is 1. The average molecular weight is 278 g/mol. The van der Waals surface area contributed by atoms with E-state index >= 15 is 0 Å². The Morgan fingerprint density at radius 1 is 1.58 bits per heavy atom. The lowest BCUT2D eigenvalue weighted by atomic mass is 9.76. The van der Waals surface area contributed by atoms with Crippen LogP contribution in [-0.2, 0) is 4.79 Å². The zero-order valence-corrected chi connectivity index (χ0v) is 10.9. The molecule has 1 aliphatic heterocycles. The number of carboxylic acids is 1. The van der Waals surface area contributed by atoms with Crippen LogP contribution in [0.4, 0.5) is 13.2 Å². The van der Waals surface area contributed by atoms with Crippen molar-refractivity contribution < 1.29 is 23.1 Å². The number of likely N-dealkylation sites (tertiary alicyclic amines) is 1. The number of halogens is 3. The summed E-state index contributed by atoms with van der Waals surface area (Å²) in [5, 5.41) is 17.8. The van der Waals surface area contributed by atoms with Crippen molar-refractivity contribution in [2.75, 3.05) is 13.1 Å². The van der Waals surface area contributed by atoms with Crippen molar-refractivity contribution in [2.24, 2.45) is 11.3 Å². The SMILES string of the molecule is CC1(C)CCCN(CC(C#N)C(F)(F)F)C1C(=O)O. The van der Waals surface area contributed by atoms with Crippen LogP contribution in [0.25, 0.3) is 0 Å². The maximum Gasteiger partial charge on any atom is 0.405 e. The number of rotatable bonds is 3. The summed E-state index contributed by atoms with van der Waals surface area (Å²) >= 11 is 0. The van der Waals surface area contributed by atoms with Gasteiger partial charge in [-0.25, -0.2) is 0 Å². The van der Waals surface area contributed by atoms with Crippen molar-refractivity contribution in [1.82, 2.24) is 4.90 Å². The highest BCUT2D eigenvalue weighted by Gasteiger charge is 2.47. The van der Waals surface area contributed by atoms with Crippen LogP contribution in [0.1, 0.15) is 26.7 Å². The third-order valence-electron chi connectivity index (χ3n) is 3.57. The van der Waals surface area contributed by atoms with E-state index in [4.69, 9.17) is 5.26 Å². The van der Waals surface area contributed by atoms with E-state index in [2.05, 4.69) is 0 Å². The molecule has 0 aromatic rings. The Bertz CT molecular complexity index is 387. The van der Waals surface area contributed by atoms with E-state index in [1.165, 1.54) is 11.0 Å². The minimum Gasteiger partial charge on any atom is -0.480 e. The second-order valence-corrected chi connectivity index (χ2v) is 5.55. The molecular weight excluding hydrogens is 261 g/mol. The predicted octanol–water partition coefficient (Wildman–Crippen LogP) is 2.26. The predicted molar refractivity (Wildman–Crippen MR) is 61.2 cm³/mol. The zero-order valence-electron chi connectivity index (χ0n) is 10.9. The van der Waals surface area contributed by atoms with Crippen LogP contribution >= 0.6 is 0 Å². The molecule has 108 valence electrons. The Balaban J connectivity index is 2.92. The standard InChI is InChI=1S/C12H17F3N2O2/c1-11(2)4-3-5-17(9(11)10(18)19)7-8(6-16)12(13,14)15/h8-9H,3-5,7H2,1-2H3,(H,18,19). The quantitative estimate of drug-likeness (QED) is 0.860. The molecule has 4 nitrogen and oxygen atoms in total. The Labute approximate surface area is 109 Å². The summed E-state index contributed by atoms with van der Waals surface area (Å²) in [6.45, 7) is 3.15. The summed E-state index contributed by atoms with van der Waals surface area (Å²) in [5.74, 6) is -3.29. The van der Waals surface area contributed by atoms with E-state index in [0.29, 0.717) is 12.8 Å². The van der Waals surface area contributed by atoms with Gasteiger partial charge >= 0.3 is 12.1 Å². The Kier molecular flexibility index (Phi) is 4.46. The van der Waals surface area contributed by atoms with Gasteiger partial charge in [0.05, 0.1) is 6.07 Å². The smallest absolute Gasteiger partial charge is 0.405 e. The molecule has 1 rings (SSSR count). The molecule has 0 bridgehead atoms. The van der Waals surface area contributed by atoms with Gasteiger partial charge in [-0.05, 0) is 24.8 Å². The molecule has 2 atom stereocenters. The lowest BCUT2D eigenvalue weighted by Crippen LogP contribution is -2.56. The third-order valence-corrected chi connectivity index (χ3v) is 3.57. The zero-order chi connectivity index (χ0) is 14.8. The number of nitriles is 1. The van der Waals surface area contributed by atoms with E-state index in [9.17, 15) is 23.1 Å². The number of carboxylic acid groups (broad SMARTS) is 1. The number of aliphatic carboxylic acids is 1. The molecule has 1 saturated heterocycles. The molecule has 2 unspecified atom stereocenters. The highest BCUT2D eigenvalue weighted by atomic mass is 19.4. The minimum absolute atomic E-state index is 0.272. The van der Waals surface area contributed by atoms with Gasteiger partial charge in [-0.15, -0.1) is 0 Å². The van der Waals surface area contributed by atoms with E-state index < -0.39 is 36.1 Å². The number of hydrogen-bond donors (Lipinski definition) is 1. The van der Waals surface area contributed by atoms with Gasteiger partial charge in [0.15, 0.2) is 5.92 Å². The van der Waals surface area contributed by atoms with Gasteiger partial charge in [-0.3, -0.25) is 9.69 Å². The summed E-state index contributed by atoms with van der Waals surface area (Å²) in [6, 6.07) is 0.230. The average Bonchev–Trinajstić information content (AvgIpc) is 2.22. The van der Waals surface area contributed by atoms with Crippen LogP contribution in [-0.4, -0.2) is 41.3 Å². The van der Waals surface area contributed by atoms with Gasteiger partial charge in [0.2, 0.25) is 0 Å². The van der Waals surface area contributed by atoms with E-state index in [0.717, 1.165) is 0 Å². The molecule has 0 saturated carbocycles. The topological polar surface area (TPSA) is 64.3 Å². The first-order chi connectivity index (χ1) is 8.59. The van der Waals surface area contributed by atoms with E-state index in [1.54, 1.807) is 13.8 Å². The third kappa shape index (κ3) is 3.60. The van der Waals surface area contributed by atoms with Crippen LogP contribution in [0, 0.1) is 22.7 Å². The first kappa shape index (κ1) is 15.8. The molecule has 0 amide bonds. The summed E-state index contributed by atoms with van der Waals surface area (Å²) in [4.78, 5) is 12.6. The van der Waals surface area contributed by atoms with Gasteiger partial charge in [-0.2, -0.15) is 18.4 Å². The lowest BCUT2D eigenvalue weighted by Gasteiger charge is -2.44. The Morgan fingerprint density at radius 2 is 2.16 bits per heavy atom. The molecule has 0 radical (unpaired) electrons. The number of piperidine rings is 1. The lowest BCUT2D eigenvalue weighted by molar-refractivity contribution is -0.173. The normalized spacial score (nSPS) is 25.6. The second kappa shape index (κ2) is 5.37. The van der Waals surface area contributed by atoms with E-state index in [-0.39, 0.29) is 6.54 Å². The Hall–Kier alpha value is -1.29. The van der Waals surface area contributed by atoms with Crippen LogP contribution < -0.4 is 0 Å². The maximum atomic E-state index is 12.6. The highest BCUT2D eigenvalue weighted by molar-refractivity contribution is 5.74. The van der Waals surface area contributed by atoms with E-state index in [1.807, 2.05) is 0 Å². The maximum absolute atomic E-state index is 12.6. The number of nitrogens with zero attached hydrogens (tertiary/aromatic N) is 2. The fraction of sp³-hybridized carbons (Fsp3) is 0.833. The molecule has 19 heavy (non-hydrogen) atoms. The van der Waals surface area contributed by atoms with Crippen LogP contribution in [0.15, 0.2) is 0 Å². The van der Waals surface area contributed by atoms with Gasteiger partial charge in [-0.1, -0.05) is 13.8 Å². The van der Waals surface area contributed by atoms with Crippen molar-refractivity contribution in [2.45, 2.75) is 38.9 Å². The molecule has 1 fully saturated rings. The summed E-state index contributed by atoms with van der Waals surface area (Å²) in [5.41, 5.74) is -0.602. The Morgan fingerprint density at radius 3 is 2.58 bits per heavy atom. The molecule has 1 heterocycles. The monoisotopic (exact) mass is 278 g/mol. The van der Waals surface area contributed by atoms with Crippen molar-refractivity contribution in [3.05, 3.63) is 0 Å². The minimum atomic E-state index is -4.63. The van der Waals surface area contributed by atoms with Gasteiger partial charge in [0.1, 0.15) is 6.04 Å². The fourth-order valence-electron chi connectivity index (χ4n) is 2.64. The summed E-state index contributed by atoms with van der Waals surface area (Å²) in [6.07, 6.45) is -3.35. The van der Waals surface area contributed by atoms with Gasteiger partial charge in [0, 0.05) is 6.54 Å². The molecule has 7 heteroatoms. The highest BCUT2D eigenvalue weighted by Crippen LogP contribution is 2.37. The first-order valence-corrected chi connectivity index (χ1v) is 6.03. The largest absolute Gasteiger partial charge is 0.480 e. The molecule has 1 N–H and O–H groups in total. The van der Waals surface area contributed by atoms with Crippen molar-refractivity contribution in [1.29, 1.82) is 5.26 Å². The number of hydrogen-bond acceptors (Lipinski definition) is 3. The molecule has 1 aliphatic rings. The van der Waals surface area contributed by atoms with Crippen LogP contribution in [0.2, 0.25) is 0 Å². The van der Waals surface area contributed by atoms with Crippen molar-refractivity contribution in [3.63, 3.8) is 0 Å². The number of alkyl halides is 3. The molecule has 0 aromatic carbocycles.